The second kappa shape index (κ2) is 3.86. The number of fused-ring (bicyclic) bond motifs is 1. The smallest absolute Gasteiger partial charge is 0.235 e. The van der Waals surface area contributed by atoms with Gasteiger partial charge in [-0.1, -0.05) is 25.0 Å². The highest BCUT2D eigenvalue weighted by atomic mass is 16.3. The number of hydrogen-bond acceptors (Lipinski definition) is 3. The molecular formula is C14H13NO2. The van der Waals surface area contributed by atoms with Gasteiger partial charge in [0, 0.05) is 5.39 Å². The summed E-state index contributed by atoms with van der Waals surface area (Å²) >= 11 is 0. The lowest BCUT2D eigenvalue weighted by Gasteiger charge is -2.22. The van der Waals surface area contributed by atoms with Crippen molar-refractivity contribution in [3.05, 3.63) is 36.1 Å². The Morgan fingerprint density at radius 2 is 2.06 bits per heavy atom. The van der Waals surface area contributed by atoms with E-state index in [2.05, 4.69) is 4.99 Å². The Morgan fingerprint density at radius 1 is 1.24 bits per heavy atom. The van der Waals surface area contributed by atoms with E-state index in [0.29, 0.717) is 0 Å². The van der Waals surface area contributed by atoms with Crippen LogP contribution >= 0.6 is 0 Å². The Bertz CT molecular complexity index is 587. The molecule has 0 spiro atoms. The predicted molar refractivity (Wildman–Crippen MR) is 64.5 cm³/mol. The van der Waals surface area contributed by atoms with Crippen LogP contribution in [-0.4, -0.2) is 6.08 Å². The van der Waals surface area contributed by atoms with E-state index >= 15 is 0 Å². The quantitative estimate of drug-likeness (QED) is 0.581. The number of carbonyl (C=O) groups excluding carboxylic acids is 1. The summed E-state index contributed by atoms with van der Waals surface area (Å²) in [6, 6.07) is 8.00. The van der Waals surface area contributed by atoms with Gasteiger partial charge in [0.05, 0.1) is 11.8 Å². The standard InChI is InChI=1S/C14H13NO2/c16-10-15-14(6-1-2-7-14)12-4-3-11-5-8-17-13(11)9-12/h3-5,8-9H,1-2,6-7H2. The van der Waals surface area contributed by atoms with Crippen molar-refractivity contribution >= 4 is 17.0 Å². The molecule has 17 heavy (non-hydrogen) atoms. The lowest BCUT2D eigenvalue weighted by Crippen LogP contribution is -2.18. The minimum absolute atomic E-state index is 0.358. The van der Waals surface area contributed by atoms with Crippen molar-refractivity contribution in [2.75, 3.05) is 0 Å². The number of rotatable bonds is 2. The molecule has 0 atom stereocenters. The van der Waals surface area contributed by atoms with Gasteiger partial charge in [0.15, 0.2) is 0 Å². The number of nitrogens with zero attached hydrogens (tertiary/aromatic N) is 1. The van der Waals surface area contributed by atoms with Crippen LogP contribution in [0.15, 0.2) is 39.9 Å². The monoisotopic (exact) mass is 227 g/mol. The van der Waals surface area contributed by atoms with Crippen LogP contribution < -0.4 is 0 Å². The molecule has 2 aromatic rings. The Morgan fingerprint density at radius 3 is 2.82 bits per heavy atom. The maximum atomic E-state index is 10.6. The van der Waals surface area contributed by atoms with Crippen molar-refractivity contribution in [3.8, 4) is 0 Å². The van der Waals surface area contributed by atoms with Gasteiger partial charge in [0.25, 0.3) is 0 Å². The number of isocyanates is 1. The van der Waals surface area contributed by atoms with Crippen molar-refractivity contribution in [2.45, 2.75) is 31.2 Å². The molecule has 1 aromatic carbocycles. The summed E-state index contributed by atoms with van der Waals surface area (Å²) in [6.45, 7) is 0. The zero-order valence-corrected chi connectivity index (χ0v) is 9.48. The molecule has 0 saturated heterocycles. The number of aliphatic imine (C=N–C) groups is 1. The molecule has 1 heterocycles. The maximum absolute atomic E-state index is 10.6. The summed E-state index contributed by atoms with van der Waals surface area (Å²) in [5, 5.41) is 1.08. The van der Waals surface area contributed by atoms with Crippen molar-refractivity contribution in [1.82, 2.24) is 0 Å². The number of hydrogen-bond donors (Lipinski definition) is 0. The fourth-order valence-corrected chi connectivity index (χ4v) is 2.76. The summed E-state index contributed by atoms with van der Waals surface area (Å²) in [5.74, 6) is 0. The van der Waals surface area contributed by atoms with E-state index in [1.54, 1.807) is 12.3 Å². The van der Waals surface area contributed by atoms with Crippen LogP contribution in [0.5, 0.6) is 0 Å². The van der Waals surface area contributed by atoms with Gasteiger partial charge in [0.2, 0.25) is 6.08 Å². The van der Waals surface area contributed by atoms with Crippen LogP contribution in [0, 0.1) is 0 Å². The van der Waals surface area contributed by atoms with Gasteiger partial charge >= 0.3 is 0 Å². The van der Waals surface area contributed by atoms with E-state index in [4.69, 9.17) is 4.42 Å². The average Bonchev–Trinajstić information content (AvgIpc) is 2.96. The molecule has 86 valence electrons. The van der Waals surface area contributed by atoms with Gasteiger partial charge in [-0.2, -0.15) is 4.99 Å². The Kier molecular flexibility index (Phi) is 2.34. The van der Waals surface area contributed by atoms with Crippen LogP contribution in [-0.2, 0) is 10.3 Å². The van der Waals surface area contributed by atoms with Gasteiger partial charge in [-0.25, -0.2) is 4.79 Å². The van der Waals surface area contributed by atoms with E-state index in [1.807, 2.05) is 24.3 Å². The van der Waals surface area contributed by atoms with E-state index in [9.17, 15) is 4.79 Å². The third-order valence-corrected chi connectivity index (χ3v) is 3.68. The average molecular weight is 227 g/mol. The van der Waals surface area contributed by atoms with Gasteiger partial charge < -0.3 is 4.42 Å². The third-order valence-electron chi connectivity index (χ3n) is 3.68. The first-order valence-corrected chi connectivity index (χ1v) is 5.91. The molecule has 3 heteroatoms. The van der Waals surface area contributed by atoms with Crippen LogP contribution in [0.1, 0.15) is 31.2 Å². The minimum Gasteiger partial charge on any atom is -0.464 e. The van der Waals surface area contributed by atoms with Gasteiger partial charge in [-0.3, -0.25) is 0 Å². The summed E-state index contributed by atoms with van der Waals surface area (Å²) < 4.78 is 5.40. The molecule has 3 nitrogen and oxygen atoms in total. The zero-order chi connectivity index (χ0) is 11.7. The van der Waals surface area contributed by atoms with Gasteiger partial charge in [0.1, 0.15) is 5.58 Å². The second-order valence-corrected chi connectivity index (χ2v) is 4.61. The van der Waals surface area contributed by atoms with Crippen LogP contribution in [0.3, 0.4) is 0 Å². The molecule has 0 N–H and O–H groups in total. The Labute approximate surface area is 99.1 Å². The van der Waals surface area contributed by atoms with Crippen LogP contribution in [0.25, 0.3) is 11.0 Å². The molecule has 0 amide bonds. The largest absolute Gasteiger partial charge is 0.464 e. The van der Waals surface area contributed by atoms with Gasteiger partial charge in [-0.05, 0) is 30.5 Å². The van der Waals surface area contributed by atoms with Crippen LogP contribution in [0.4, 0.5) is 0 Å². The summed E-state index contributed by atoms with van der Waals surface area (Å²) in [5.41, 5.74) is 1.57. The Hall–Kier alpha value is -1.86. The molecule has 1 fully saturated rings. The molecule has 1 aromatic heterocycles. The highest BCUT2D eigenvalue weighted by molar-refractivity contribution is 5.78. The highest BCUT2D eigenvalue weighted by Crippen LogP contribution is 2.42. The van der Waals surface area contributed by atoms with E-state index in [-0.39, 0.29) is 5.54 Å². The van der Waals surface area contributed by atoms with Crippen molar-refractivity contribution in [3.63, 3.8) is 0 Å². The van der Waals surface area contributed by atoms with Crippen molar-refractivity contribution < 1.29 is 9.21 Å². The van der Waals surface area contributed by atoms with Crippen molar-refractivity contribution in [2.24, 2.45) is 4.99 Å². The highest BCUT2D eigenvalue weighted by Gasteiger charge is 2.35. The van der Waals surface area contributed by atoms with E-state index in [0.717, 1.165) is 42.2 Å². The molecule has 3 rings (SSSR count). The van der Waals surface area contributed by atoms with Crippen LogP contribution in [0.2, 0.25) is 0 Å². The molecule has 1 aliphatic carbocycles. The zero-order valence-electron chi connectivity index (χ0n) is 9.48. The first kappa shape index (κ1) is 10.3. The molecule has 1 saturated carbocycles. The second-order valence-electron chi connectivity index (χ2n) is 4.61. The van der Waals surface area contributed by atoms with Crippen molar-refractivity contribution in [1.29, 1.82) is 0 Å². The van der Waals surface area contributed by atoms with E-state index < -0.39 is 0 Å². The molecule has 1 aliphatic rings. The predicted octanol–water partition coefficient (Wildman–Crippen LogP) is 3.54. The first-order valence-electron chi connectivity index (χ1n) is 5.91. The number of benzene rings is 1. The fraction of sp³-hybridized carbons (Fsp3) is 0.357. The maximum Gasteiger partial charge on any atom is 0.235 e. The third kappa shape index (κ3) is 1.60. The number of furan rings is 1. The molecule has 0 unspecified atom stereocenters. The molecule has 0 radical (unpaired) electrons. The van der Waals surface area contributed by atoms with E-state index in [1.165, 1.54) is 0 Å². The SMILES string of the molecule is O=C=NC1(c2ccc3ccoc3c2)CCCC1. The lowest BCUT2D eigenvalue weighted by molar-refractivity contribution is 0.455. The molecular weight excluding hydrogens is 214 g/mol. The normalized spacial score (nSPS) is 18.1. The minimum atomic E-state index is -0.358. The topological polar surface area (TPSA) is 42.6 Å². The fourth-order valence-electron chi connectivity index (χ4n) is 2.76. The van der Waals surface area contributed by atoms with Gasteiger partial charge in [-0.15, -0.1) is 0 Å². The molecule has 0 bridgehead atoms. The molecule has 0 aliphatic heterocycles. The Balaban J connectivity index is 2.14. The first-order chi connectivity index (χ1) is 8.34. The summed E-state index contributed by atoms with van der Waals surface area (Å²) in [6.07, 6.45) is 7.49. The lowest BCUT2D eigenvalue weighted by atomic mass is 9.88. The summed E-state index contributed by atoms with van der Waals surface area (Å²) in [4.78, 5) is 14.7. The summed E-state index contributed by atoms with van der Waals surface area (Å²) in [7, 11) is 0.